The quantitative estimate of drug-likeness (QED) is 0.838. The highest BCUT2D eigenvalue weighted by molar-refractivity contribution is 5.34. The minimum absolute atomic E-state index is 0.0535. The Labute approximate surface area is 97.0 Å². The normalized spacial score (nSPS) is 23.4. The van der Waals surface area contributed by atoms with E-state index >= 15 is 0 Å². The van der Waals surface area contributed by atoms with Gasteiger partial charge < -0.3 is 14.9 Å². The first-order valence-electron chi connectivity index (χ1n) is 6.01. The van der Waals surface area contributed by atoms with Crippen molar-refractivity contribution in [1.29, 1.82) is 0 Å². The molecule has 2 atom stereocenters. The molecule has 1 aliphatic rings. The fourth-order valence-corrected chi connectivity index (χ4v) is 2.58. The van der Waals surface area contributed by atoms with Crippen molar-refractivity contribution >= 4 is 0 Å². The van der Waals surface area contributed by atoms with Crippen LogP contribution in [0.2, 0.25) is 0 Å². The van der Waals surface area contributed by atoms with Gasteiger partial charge in [0.2, 0.25) is 0 Å². The van der Waals surface area contributed by atoms with Crippen LogP contribution in [0.1, 0.15) is 41.5 Å². The molecule has 0 amide bonds. The average molecular weight is 223 g/mol. The van der Waals surface area contributed by atoms with Crippen LogP contribution in [0.4, 0.5) is 0 Å². The second-order valence-corrected chi connectivity index (χ2v) is 4.76. The zero-order valence-electron chi connectivity index (χ0n) is 10.4. The highest BCUT2D eigenvalue weighted by atomic mass is 16.5. The Morgan fingerprint density at radius 1 is 1.25 bits per heavy atom. The Balaban J connectivity index is 2.22. The molecule has 0 saturated carbocycles. The number of hydrogen-bond acceptors (Lipinski definition) is 3. The summed E-state index contributed by atoms with van der Waals surface area (Å²) >= 11 is 0. The van der Waals surface area contributed by atoms with E-state index in [2.05, 4.69) is 6.92 Å². The Bertz CT molecular complexity index is 364. The van der Waals surface area contributed by atoms with Crippen LogP contribution in [0, 0.1) is 26.7 Å². The standard InChI is InChI=1S/C13H21NO2/c1-8-9(2)16-10(3)12(8)13(14)11-5-4-6-15-7-11/h11,13H,4-7,14H2,1-3H3. The largest absolute Gasteiger partial charge is 0.466 e. The van der Waals surface area contributed by atoms with E-state index in [9.17, 15) is 0 Å². The molecule has 3 heteroatoms. The van der Waals surface area contributed by atoms with Gasteiger partial charge in [0.15, 0.2) is 0 Å². The van der Waals surface area contributed by atoms with Gasteiger partial charge in [-0.3, -0.25) is 0 Å². The zero-order valence-corrected chi connectivity index (χ0v) is 10.4. The molecule has 0 aromatic carbocycles. The minimum Gasteiger partial charge on any atom is -0.466 e. The van der Waals surface area contributed by atoms with Crippen LogP contribution < -0.4 is 5.73 Å². The lowest BCUT2D eigenvalue weighted by atomic mass is 9.87. The highest BCUT2D eigenvalue weighted by Crippen LogP contribution is 2.33. The molecule has 16 heavy (non-hydrogen) atoms. The fourth-order valence-electron chi connectivity index (χ4n) is 2.58. The molecular weight excluding hydrogens is 202 g/mol. The number of rotatable bonds is 2. The fraction of sp³-hybridized carbons (Fsp3) is 0.692. The molecule has 0 bridgehead atoms. The van der Waals surface area contributed by atoms with Crippen molar-refractivity contribution in [2.24, 2.45) is 11.7 Å². The summed E-state index contributed by atoms with van der Waals surface area (Å²) in [5, 5.41) is 0. The van der Waals surface area contributed by atoms with Gasteiger partial charge in [-0.2, -0.15) is 0 Å². The second kappa shape index (κ2) is 4.60. The van der Waals surface area contributed by atoms with Gasteiger partial charge in [-0.15, -0.1) is 0 Å². The number of furan rings is 1. The SMILES string of the molecule is Cc1oc(C)c(C(N)C2CCCOC2)c1C. The van der Waals surface area contributed by atoms with Crippen molar-refractivity contribution in [3.63, 3.8) is 0 Å². The highest BCUT2D eigenvalue weighted by Gasteiger charge is 2.27. The lowest BCUT2D eigenvalue weighted by Crippen LogP contribution is -2.29. The molecular formula is C13H21NO2. The van der Waals surface area contributed by atoms with E-state index in [-0.39, 0.29) is 6.04 Å². The van der Waals surface area contributed by atoms with E-state index in [1.807, 2.05) is 13.8 Å². The van der Waals surface area contributed by atoms with Crippen molar-refractivity contribution in [3.05, 3.63) is 22.6 Å². The van der Waals surface area contributed by atoms with Gasteiger partial charge in [-0.1, -0.05) is 0 Å². The molecule has 2 N–H and O–H groups in total. The van der Waals surface area contributed by atoms with Crippen molar-refractivity contribution < 1.29 is 9.15 Å². The summed E-state index contributed by atoms with van der Waals surface area (Å²) in [5.41, 5.74) is 8.74. The average Bonchev–Trinajstić information content (AvgIpc) is 2.54. The van der Waals surface area contributed by atoms with E-state index in [1.54, 1.807) is 0 Å². The first-order chi connectivity index (χ1) is 7.61. The minimum atomic E-state index is 0.0535. The summed E-state index contributed by atoms with van der Waals surface area (Å²) in [5.74, 6) is 2.39. The van der Waals surface area contributed by atoms with Crippen molar-refractivity contribution in [2.75, 3.05) is 13.2 Å². The number of aryl methyl sites for hydroxylation is 2. The van der Waals surface area contributed by atoms with Crippen LogP contribution in [0.3, 0.4) is 0 Å². The summed E-state index contributed by atoms with van der Waals surface area (Å²) in [6, 6.07) is 0.0535. The molecule has 3 nitrogen and oxygen atoms in total. The van der Waals surface area contributed by atoms with Crippen LogP contribution in [0.5, 0.6) is 0 Å². The van der Waals surface area contributed by atoms with Crippen LogP contribution in [0.15, 0.2) is 4.42 Å². The van der Waals surface area contributed by atoms with E-state index in [0.29, 0.717) is 5.92 Å². The van der Waals surface area contributed by atoms with Crippen LogP contribution in [-0.2, 0) is 4.74 Å². The maximum atomic E-state index is 6.34. The molecule has 2 heterocycles. The molecule has 2 rings (SSSR count). The summed E-state index contributed by atoms with van der Waals surface area (Å²) in [4.78, 5) is 0. The van der Waals surface area contributed by atoms with E-state index in [4.69, 9.17) is 14.9 Å². The molecule has 1 aliphatic heterocycles. The van der Waals surface area contributed by atoms with Crippen molar-refractivity contribution in [3.8, 4) is 0 Å². The third kappa shape index (κ3) is 2.02. The Morgan fingerprint density at radius 3 is 2.50 bits per heavy atom. The van der Waals surface area contributed by atoms with Crippen molar-refractivity contribution in [1.82, 2.24) is 0 Å². The monoisotopic (exact) mass is 223 g/mol. The van der Waals surface area contributed by atoms with Gasteiger partial charge >= 0.3 is 0 Å². The third-order valence-electron chi connectivity index (χ3n) is 3.65. The predicted molar refractivity (Wildman–Crippen MR) is 63.4 cm³/mol. The molecule has 1 aromatic heterocycles. The van der Waals surface area contributed by atoms with Crippen molar-refractivity contribution in [2.45, 2.75) is 39.7 Å². The summed E-state index contributed by atoms with van der Waals surface area (Å²) in [6.07, 6.45) is 2.28. The van der Waals surface area contributed by atoms with Gasteiger partial charge in [0.1, 0.15) is 11.5 Å². The Kier molecular flexibility index (Phi) is 3.36. The lowest BCUT2D eigenvalue weighted by Gasteiger charge is -2.27. The first kappa shape index (κ1) is 11.7. The molecule has 1 saturated heterocycles. The summed E-state index contributed by atoms with van der Waals surface area (Å²) in [7, 11) is 0. The zero-order chi connectivity index (χ0) is 11.7. The van der Waals surface area contributed by atoms with E-state index < -0.39 is 0 Å². The number of hydrogen-bond donors (Lipinski definition) is 1. The van der Waals surface area contributed by atoms with E-state index in [0.717, 1.165) is 37.6 Å². The third-order valence-corrected chi connectivity index (χ3v) is 3.65. The molecule has 90 valence electrons. The molecule has 0 spiro atoms. The first-order valence-corrected chi connectivity index (χ1v) is 6.01. The molecule has 2 unspecified atom stereocenters. The second-order valence-electron chi connectivity index (χ2n) is 4.76. The van der Waals surface area contributed by atoms with Gasteiger partial charge in [0, 0.05) is 24.1 Å². The Morgan fingerprint density at radius 2 is 2.00 bits per heavy atom. The Hall–Kier alpha value is -0.800. The van der Waals surface area contributed by atoms with Crippen LogP contribution in [-0.4, -0.2) is 13.2 Å². The predicted octanol–water partition coefficient (Wildman–Crippen LogP) is 2.63. The van der Waals surface area contributed by atoms with Gasteiger partial charge in [-0.05, 0) is 39.2 Å². The molecule has 0 radical (unpaired) electrons. The summed E-state index contributed by atoms with van der Waals surface area (Å²) in [6.45, 7) is 7.75. The lowest BCUT2D eigenvalue weighted by molar-refractivity contribution is 0.0445. The topological polar surface area (TPSA) is 48.4 Å². The summed E-state index contributed by atoms with van der Waals surface area (Å²) < 4.78 is 11.1. The number of nitrogens with two attached hydrogens (primary N) is 1. The van der Waals surface area contributed by atoms with Gasteiger partial charge in [0.05, 0.1) is 6.61 Å². The molecule has 1 fully saturated rings. The number of ether oxygens (including phenoxy) is 1. The maximum absolute atomic E-state index is 6.34. The van der Waals surface area contributed by atoms with Gasteiger partial charge in [0.25, 0.3) is 0 Å². The van der Waals surface area contributed by atoms with Gasteiger partial charge in [-0.25, -0.2) is 0 Å². The smallest absolute Gasteiger partial charge is 0.106 e. The molecule has 0 aliphatic carbocycles. The van der Waals surface area contributed by atoms with E-state index in [1.165, 1.54) is 11.1 Å². The molecule has 1 aromatic rings. The van der Waals surface area contributed by atoms with Crippen LogP contribution >= 0.6 is 0 Å². The maximum Gasteiger partial charge on any atom is 0.106 e. The van der Waals surface area contributed by atoms with Crippen LogP contribution in [0.25, 0.3) is 0 Å².